The molecule has 0 heterocycles. The van der Waals surface area contributed by atoms with Crippen LogP contribution in [0.4, 0.5) is 11.4 Å². The molecule has 1 fully saturated rings. The third-order valence-electron chi connectivity index (χ3n) is 3.87. The Labute approximate surface area is 152 Å². The minimum atomic E-state index is -0.816. The molecule has 0 bridgehead atoms. The minimum Gasteiger partial charge on any atom is -0.482 e. The van der Waals surface area contributed by atoms with Crippen molar-refractivity contribution in [2.24, 2.45) is 0 Å². The Morgan fingerprint density at radius 1 is 1.04 bits per heavy atom. The zero-order valence-electron chi connectivity index (χ0n) is 14.6. The number of carbonyl (C=O) groups excluding carboxylic acids is 2. The smallest absolute Gasteiger partial charge is 0.344 e. The number of hydrogen-bond acceptors (Lipinski definition) is 5. The molecule has 6 heteroatoms. The van der Waals surface area contributed by atoms with E-state index in [1.807, 2.05) is 42.5 Å². The molecule has 1 aliphatic rings. The number of carbonyl (C=O) groups is 2. The highest BCUT2D eigenvalue weighted by atomic mass is 16.6. The monoisotopic (exact) mass is 354 g/mol. The Morgan fingerprint density at radius 3 is 2.35 bits per heavy atom. The maximum atomic E-state index is 11.8. The first-order chi connectivity index (χ1) is 12.6. The third-order valence-corrected chi connectivity index (χ3v) is 3.87. The number of hydrogen-bond donors (Lipinski definition) is 2. The summed E-state index contributed by atoms with van der Waals surface area (Å²) in [4.78, 5) is 23.6. The number of anilines is 2. The van der Waals surface area contributed by atoms with E-state index in [0.29, 0.717) is 5.75 Å². The predicted octanol–water partition coefficient (Wildman–Crippen LogP) is 3.02. The summed E-state index contributed by atoms with van der Waals surface area (Å²) in [5.74, 6) is -0.289. The van der Waals surface area contributed by atoms with E-state index in [1.54, 1.807) is 19.1 Å². The van der Waals surface area contributed by atoms with Crippen molar-refractivity contribution in [3.8, 4) is 5.75 Å². The lowest BCUT2D eigenvalue weighted by Gasteiger charge is -2.13. The average molecular weight is 354 g/mol. The van der Waals surface area contributed by atoms with Crippen molar-refractivity contribution in [1.29, 1.82) is 0 Å². The summed E-state index contributed by atoms with van der Waals surface area (Å²) >= 11 is 0. The van der Waals surface area contributed by atoms with Crippen LogP contribution in [0.3, 0.4) is 0 Å². The second-order valence-corrected chi connectivity index (χ2v) is 6.22. The van der Waals surface area contributed by atoms with E-state index in [9.17, 15) is 9.59 Å². The minimum absolute atomic E-state index is 0.239. The summed E-state index contributed by atoms with van der Waals surface area (Å²) in [5, 5.41) is 6.06. The van der Waals surface area contributed by atoms with Gasteiger partial charge in [-0.1, -0.05) is 18.2 Å². The second kappa shape index (κ2) is 8.38. The molecule has 3 rings (SSSR count). The Bertz CT molecular complexity index is 742. The van der Waals surface area contributed by atoms with Crippen molar-refractivity contribution < 1.29 is 19.1 Å². The van der Waals surface area contributed by atoms with E-state index in [1.165, 1.54) is 0 Å². The molecule has 2 aromatic carbocycles. The van der Waals surface area contributed by atoms with Crippen molar-refractivity contribution >= 4 is 23.3 Å². The Balaban J connectivity index is 1.42. The lowest BCUT2D eigenvalue weighted by molar-refractivity contribution is -0.156. The summed E-state index contributed by atoms with van der Waals surface area (Å²) in [7, 11) is 0. The molecule has 2 N–H and O–H groups in total. The summed E-state index contributed by atoms with van der Waals surface area (Å²) in [6.07, 6.45) is 1.17. The second-order valence-electron chi connectivity index (χ2n) is 6.22. The van der Waals surface area contributed by atoms with Gasteiger partial charge in [-0.25, -0.2) is 4.79 Å². The van der Waals surface area contributed by atoms with E-state index >= 15 is 0 Å². The molecule has 2 aromatic rings. The van der Waals surface area contributed by atoms with Crippen molar-refractivity contribution in [3.05, 3.63) is 54.6 Å². The molecule has 136 valence electrons. The normalized spacial score (nSPS) is 14.2. The van der Waals surface area contributed by atoms with E-state index in [0.717, 1.165) is 24.2 Å². The predicted molar refractivity (Wildman–Crippen MR) is 98.4 cm³/mol. The highest BCUT2D eigenvalue weighted by Crippen LogP contribution is 2.20. The number of amides is 1. The van der Waals surface area contributed by atoms with Crippen LogP contribution < -0.4 is 15.4 Å². The van der Waals surface area contributed by atoms with Gasteiger partial charge in [-0.3, -0.25) is 4.79 Å². The van der Waals surface area contributed by atoms with E-state index in [2.05, 4.69) is 10.6 Å². The summed E-state index contributed by atoms with van der Waals surface area (Å²) in [6, 6.07) is 17.3. The number of benzene rings is 2. The zero-order chi connectivity index (χ0) is 18.4. The number of ether oxygens (including phenoxy) is 2. The standard InChI is InChI=1S/C20H22N2O4/c1-14(20(24)22-17-7-8-17)26-19(23)13-25-18-11-9-16(10-12-18)21-15-5-3-2-4-6-15/h2-6,9-12,14,17,21H,7-8,13H2,1H3,(H,22,24)/t14-/m0/s1. The first-order valence-corrected chi connectivity index (χ1v) is 8.65. The Morgan fingerprint density at radius 2 is 1.69 bits per heavy atom. The van der Waals surface area contributed by atoms with Crippen molar-refractivity contribution in [2.45, 2.75) is 31.9 Å². The molecule has 0 aromatic heterocycles. The highest BCUT2D eigenvalue weighted by molar-refractivity contribution is 5.84. The van der Waals surface area contributed by atoms with Crippen LogP contribution >= 0.6 is 0 Å². The summed E-state index contributed by atoms with van der Waals surface area (Å²) in [6.45, 7) is 1.31. The number of para-hydroxylation sites is 1. The molecular formula is C20H22N2O4. The van der Waals surface area contributed by atoms with Crippen LogP contribution in [0.25, 0.3) is 0 Å². The van der Waals surface area contributed by atoms with Crippen molar-refractivity contribution in [3.63, 3.8) is 0 Å². The fraction of sp³-hybridized carbons (Fsp3) is 0.300. The van der Waals surface area contributed by atoms with Crippen LogP contribution in [0.2, 0.25) is 0 Å². The quantitative estimate of drug-likeness (QED) is 0.713. The third kappa shape index (κ3) is 5.51. The molecule has 1 saturated carbocycles. The van der Waals surface area contributed by atoms with E-state index in [4.69, 9.17) is 9.47 Å². The first-order valence-electron chi connectivity index (χ1n) is 8.65. The van der Waals surface area contributed by atoms with Crippen LogP contribution in [-0.2, 0) is 14.3 Å². The maximum Gasteiger partial charge on any atom is 0.344 e. The highest BCUT2D eigenvalue weighted by Gasteiger charge is 2.27. The Kier molecular flexibility index (Phi) is 5.73. The molecule has 0 radical (unpaired) electrons. The fourth-order valence-corrected chi connectivity index (χ4v) is 2.30. The number of nitrogens with one attached hydrogen (secondary N) is 2. The summed E-state index contributed by atoms with van der Waals surface area (Å²) < 4.78 is 10.5. The molecule has 1 aliphatic carbocycles. The zero-order valence-corrected chi connectivity index (χ0v) is 14.6. The van der Waals surface area contributed by atoms with Gasteiger partial charge in [0.2, 0.25) is 0 Å². The van der Waals surface area contributed by atoms with Gasteiger partial charge >= 0.3 is 5.97 Å². The van der Waals surface area contributed by atoms with E-state index in [-0.39, 0.29) is 18.6 Å². The molecule has 6 nitrogen and oxygen atoms in total. The largest absolute Gasteiger partial charge is 0.482 e. The van der Waals surface area contributed by atoms with Crippen molar-refractivity contribution in [2.75, 3.05) is 11.9 Å². The van der Waals surface area contributed by atoms with Gasteiger partial charge in [0, 0.05) is 17.4 Å². The topological polar surface area (TPSA) is 76.7 Å². The fourth-order valence-electron chi connectivity index (χ4n) is 2.30. The molecule has 26 heavy (non-hydrogen) atoms. The van der Waals surface area contributed by atoms with Gasteiger partial charge in [0.05, 0.1) is 0 Å². The van der Waals surface area contributed by atoms with Gasteiger partial charge in [-0.2, -0.15) is 0 Å². The van der Waals surface area contributed by atoms with Gasteiger partial charge in [0.1, 0.15) is 5.75 Å². The van der Waals surface area contributed by atoms with Gasteiger partial charge in [-0.15, -0.1) is 0 Å². The molecule has 0 aliphatic heterocycles. The molecule has 0 spiro atoms. The van der Waals surface area contributed by atoms with Crippen LogP contribution in [-0.4, -0.2) is 30.6 Å². The SMILES string of the molecule is C[C@H](OC(=O)COc1ccc(Nc2ccccc2)cc1)C(=O)NC1CC1. The number of rotatable bonds is 8. The van der Waals surface area contributed by atoms with E-state index < -0.39 is 12.1 Å². The van der Waals surface area contributed by atoms with Crippen molar-refractivity contribution in [1.82, 2.24) is 5.32 Å². The summed E-state index contributed by atoms with van der Waals surface area (Å²) in [5.41, 5.74) is 1.90. The first kappa shape index (κ1) is 17.8. The lowest BCUT2D eigenvalue weighted by atomic mass is 10.2. The van der Waals surface area contributed by atoms with Gasteiger partial charge in [0.25, 0.3) is 5.91 Å². The molecule has 0 saturated heterocycles. The van der Waals surface area contributed by atoms with Gasteiger partial charge in [0.15, 0.2) is 12.7 Å². The number of esters is 1. The van der Waals surface area contributed by atoms with Crippen LogP contribution in [0, 0.1) is 0 Å². The molecule has 1 atom stereocenters. The van der Waals surface area contributed by atoms with Crippen LogP contribution in [0.15, 0.2) is 54.6 Å². The van der Waals surface area contributed by atoms with Crippen LogP contribution in [0.1, 0.15) is 19.8 Å². The van der Waals surface area contributed by atoms with Gasteiger partial charge < -0.3 is 20.1 Å². The average Bonchev–Trinajstić information content (AvgIpc) is 3.46. The maximum absolute atomic E-state index is 11.8. The Hall–Kier alpha value is -3.02. The molecular weight excluding hydrogens is 332 g/mol. The van der Waals surface area contributed by atoms with Crippen LogP contribution in [0.5, 0.6) is 5.75 Å². The molecule has 0 unspecified atom stereocenters. The lowest BCUT2D eigenvalue weighted by Crippen LogP contribution is -2.37. The molecule has 1 amide bonds. The van der Waals surface area contributed by atoms with Gasteiger partial charge in [-0.05, 0) is 56.2 Å².